The van der Waals surface area contributed by atoms with E-state index in [1.54, 1.807) is 6.33 Å². The van der Waals surface area contributed by atoms with Gasteiger partial charge in [-0.05, 0) is 24.5 Å². The van der Waals surface area contributed by atoms with Gasteiger partial charge in [-0.1, -0.05) is 31.2 Å². The van der Waals surface area contributed by atoms with Crippen LogP contribution in [0.25, 0.3) is 11.6 Å². The third kappa shape index (κ3) is 2.72. The summed E-state index contributed by atoms with van der Waals surface area (Å²) in [6.07, 6.45) is 2.60. The largest absolute Gasteiger partial charge is 0.437 e. The van der Waals surface area contributed by atoms with E-state index in [-0.39, 0.29) is 0 Å². The van der Waals surface area contributed by atoms with Crippen LogP contribution in [-0.4, -0.2) is 19.7 Å². The van der Waals surface area contributed by atoms with E-state index >= 15 is 0 Å². The van der Waals surface area contributed by atoms with Crippen molar-refractivity contribution in [1.82, 2.24) is 19.7 Å². The minimum Gasteiger partial charge on any atom is -0.437 e. The van der Waals surface area contributed by atoms with Gasteiger partial charge < -0.3 is 4.42 Å². The van der Waals surface area contributed by atoms with Crippen molar-refractivity contribution in [2.75, 3.05) is 0 Å². The molecular weight excluding hydrogens is 264 g/mol. The summed E-state index contributed by atoms with van der Waals surface area (Å²) < 4.78 is 7.48. The summed E-state index contributed by atoms with van der Waals surface area (Å²) in [5, 5.41) is 4.30. The molecule has 0 radical (unpaired) electrons. The van der Waals surface area contributed by atoms with E-state index in [1.165, 1.54) is 11.1 Å². The van der Waals surface area contributed by atoms with E-state index < -0.39 is 0 Å². The highest BCUT2D eigenvalue weighted by atomic mass is 16.4. The summed E-state index contributed by atoms with van der Waals surface area (Å²) in [7, 11) is 0. The Bertz CT molecular complexity index is 740. The Balaban J connectivity index is 1.90. The van der Waals surface area contributed by atoms with Gasteiger partial charge in [-0.2, -0.15) is 5.10 Å². The first-order valence-corrected chi connectivity index (χ1v) is 7.07. The molecular formula is C16H18N4O. The zero-order valence-electron chi connectivity index (χ0n) is 12.5. The average molecular weight is 282 g/mol. The Morgan fingerprint density at radius 3 is 2.43 bits per heavy atom. The van der Waals surface area contributed by atoms with Gasteiger partial charge in [-0.25, -0.2) is 14.6 Å². The quantitative estimate of drug-likeness (QED) is 0.737. The number of aromatic nitrogens is 4. The molecule has 2 heterocycles. The Morgan fingerprint density at radius 1 is 1.10 bits per heavy atom. The fourth-order valence-corrected chi connectivity index (χ4v) is 2.35. The van der Waals surface area contributed by atoms with Crippen molar-refractivity contribution in [3.8, 4) is 11.6 Å². The van der Waals surface area contributed by atoms with Crippen LogP contribution in [0.2, 0.25) is 0 Å². The summed E-state index contributed by atoms with van der Waals surface area (Å²) in [5.41, 5.74) is 3.36. The first-order chi connectivity index (χ1) is 10.2. The molecule has 0 N–H and O–H groups in total. The van der Waals surface area contributed by atoms with Crippen molar-refractivity contribution in [1.29, 1.82) is 0 Å². The molecule has 0 fully saturated rings. The molecule has 108 valence electrons. The molecule has 0 aliphatic carbocycles. The summed E-state index contributed by atoms with van der Waals surface area (Å²) >= 11 is 0. The molecule has 0 aliphatic heterocycles. The Hall–Kier alpha value is -2.43. The summed E-state index contributed by atoms with van der Waals surface area (Å²) in [6, 6.07) is 8.55. The SMILES string of the molecule is CCc1ccc(Cn2ncnc2-c2oc(C)nc2C)cc1. The van der Waals surface area contributed by atoms with Crippen LogP contribution in [0.15, 0.2) is 35.0 Å². The van der Waals surface area contributed by atoms with E-state index in [4.69, 9.17) is 4.42 Å². The van der Waals surface area contributed by atoms with Crippen molar-refractivity contribution < 1.29 is 4.42 Å². The summed E-state index contributed by atoms with van der Waals surface area (Å²) in [6.45, 7) is 6.57. The van der Waals surface area contributed by atoms with Crippen LogP contribution in [0, 0.1) is 13.8 Å². The lowest BCUT2D eigenvalue weighted by molar-refractivity contribution is 0.523. The maximum absolute atomic E-state index is 5.64. The lowest BCUT2D eigenvalue weighted by Crippen LogP contribution is -2.04. The molecule has 5 nitrogen and oxygen atoms in total. The molecule has 0 bridgehead atoms. The molecule has 2 aromatic heterocycles. The van der Waals surface area contributed by atoms with Crippen molar-refractivity contribution in [3.05, 3.63) is 53.3 Å². The molecule has 0 unspecified atom stereocenters. The van der Waals surface area contributed by atoms with Crippen molar-refractivity contribution >= 4 is 0 Å². The molecule has 3 aromatic rings. The van der Waals surface area contributed by atoms with E-state index in [1.807, 2.05) is 18.5 Å². The molecule has 0 atom stereocenters. The van der Waals surface area contributed by atoms with Crippen LogP contribution in [0.5, 0.6) is 0 Å². The number of benzene rings is 1. The third-order valence-corrected chi connectivity index (χ3v) is 3.49. The van der Waals surface area contributed by atoms with Gasteiger partial charge in [0.15, 0.2) is 17.5 Å². The highest BCUT2D eigenvalue weighted by Crippen LogP contribution is 2.22. The van der Waals surface area contributed by atoms with Gasteiger partial charge in [0.25, 0.3) is 0 Å². The minimum atomic E-state index is 0.643. The standard InChI is InChI=1S/C16H18N4O/c1-4-13-5-7-14(8-6-13)9-20-16(17-10-18-20)15-11(2)19-12(3)21-15/h5-8,10H,4,9H2,1-3H3. The van der Waals surface area contributed by atoms with Crippen LogP contribution >= 0.6 is 0 Å². The maximum atomic E-state index is 5.64. The van der Waals surface area contributed by atoms with E-state index in [2.05, 4.69) is 46.3 Å². The van der Waals surface area contributed by atoms with Crippen LogP contribution in [0.1, 0.15) is 29.6 Å². The highest BCUT2D eigenvalue weighted by molar-refractivity contribution is 5.50. The van der Waals surface area contributed by atoms with Crippen LogP contribution < -0.4 is 0 Å². The first-order valence-electron chi connectivity index (χ1n) is 7.07. The molecule has 0 spiro atoms. The number of oxazole rings is 1. The molecule has 0 saturated heterocycles. The van der Waals surface area contributed by atoms with Gasteiger partial charge in [0.1, 0.15) is 6.33 Å². The Kier molecular flexibility index (Phi) is 3.56. The van der Waals surface area contributed by atoms with Crippen LogP contribution in [0.4, 0.5) is 0 Å². The Labute approximate surface area is 123 Å². The number of hydrogen-bond acceptors (Lipinski definition) is 4. The van der Waals surface area contributed by atoms with Crippen molar-refractivity contribution in [2.45, 2.75) is 33.7 Å². The van der Waals surface area contributed by atoms with E-state index in [0.717, 1.165) is 12.1 Å². The topological polar surface area (TPSA) is 56.7 Å². The van der Waals surface area contributed by atoms with E-state index in [9.17, 15) is 0 Å². The van der Waals surface area contributed by atoms with Crippen LogP contribution in [-0.2, 0) is 13.0 Å². The van der Waals surface area contributed by atoms with Gasteiger partial charge in [0.2, 0.25) is 0 Å². The number of hydrogen-bond donors (Lipinski definition) is 0. The predicted octanol–water partition coefficient (Wildman–Crippen LogP) is 3.16. The van der Waals surface area contributed by atoms with E-state index in [0.29, 0.717) is 24.0 Å². The molecule has 0 amide bonds. The van der Waals surface area contributed by atoms with Crippen LogP contribution in [0.3, 0.4) is 0 Å². The zero-order chi connectivity index (χ0) is 14.8. The second-order valence-corrected chi connectivity index (χ2v) is 5.06. The normalized spacial score (nSPS) is 11.0. The maximum Gasteiger partial charge on any atom is 0.196 e. The number of rotatable bonds is 4. The van der Waals surface area contributed by atoms with Gasteiger partial charge in [0, 0.05) is 6.92 Å². The monoisotopic (exact) mass is 282 g/mol. The van der Waals surface area contributed by atoms with Crippen molar-refractivity contribution in [3.63, 3.8) is 0 Å². The lowest BCUT2D eigenvalue weighted by atomic mass is 10.1. The smallest absolute Gasteiger partial charge is 0.196 e. The molecule has 5 heteroatoms. The molecule has 0 aliphatic rings. The molecule has 1 aromatic carbocycles. The van der Waals surface area contributed by atoms with Gasteiger partial charge in [-0.15, -0.1) is 0 Å². The van der Waals surface area contributed by atoms with Gasteiger partial charge in [-0.3, -0.25) is 0 Å². The Morgan fingerprint density at radius 2 is 1.81 bits per heavy atom. The second-order valence-electron chi connectivity index (χ2n) is 5.06. The third-order valence-electron chi connectivity index (χ3n) is 3.49. The summed E-state index contributed by atoms with van der Waals surface area (Å²) in [5.74, 6) is 2.05. The number of aryl methyl sites for hydroxylation is 3. The van der Waals surface area contributed by atoms with Gasteiger partial charge >= 0.3 is 0 Å². The lowest BCUT2D eigenvalue weighted by Gasteiger charge is -2.06. The molecule has 3 rings (SSSR count). The predicted molar refractivity (Wildman–Crippen MR) is 79.9 cm³/mol. The highest BCUT2D eigenvalue weighted by Gasteiger charge is 2.16. The first kappa shape index (κ1) is 13.5. The van der Waals surface area contributed by atoms with Gasteiger partial charge in [0.05, 0.1) is 12.2 Å². The fraction of sp³-hybridized carbons (Fsp3) is 0.312. The second kappa shape index (κ2) is 5.52. The average Bonchev–Trinajstić information content (AvgIpc) is 3.05. The zero-order valence-corrected chi connectivity index (χ0v) is 12.5. The summed E-state index contributed by atoms with van der Waals surface area (Å²) in [4.78, 5) is 8.60. The molecule has 21 heavy (non-hydrogen) atoms. The fourth-order valence-electron chi connectivity index (χ4n) is 2.35. The minimum absolute atomic E-state index is 0.643. The molecule has 0 saturated carbocycles. The van der Waals surface area contributed by atoms with Crippen molar-refractivity contribution in [2.24, 2.45) is 0 Å². The number of nitrogens with zero attached hydrogens (tertiary/aromatic N) is 4.